The van der Waals surface area contributed by atoms with Crippen molar-refractivity contribution in [2.24, 2.45) is 5.73 Å². The Morgan fingerprint density at radius 3 is 2.73 bits per heavy atom. The number of nitrogens with zero attached hydrogens (tertiary/aromatic N) is 1. The fraction of sp³-hybridized carbons (Fsp3) is 0.278. The van der Waals surface area contributed by atoms with Crippen molar-refractivity contribution in [2.45, 2.75) is 19.1 Å². The van der Waals surface area contributed by atoms with Gasteiger partial charge in [-0.1, -0.05) is 36.4 Å². The lowest BCUT2D eigenvalue weighted by Gasteiger charge is -2.16. The van der Waals surface area contributed by atoms with E-state index >= 15 is 0 Å². The topological polar surface area (TPSA) is 55.6 Å². The lowest BCUT2D eigenvalue weighted by molar-refractivity contribution is 0.0790. The number of likely N-dealkylation sites (tertiary alicyclic amines) is 1. The van der Waals surface area contributed by atoms with Crippen LogP contribution in [0.25, 0.3) is 0 Å². The molecule has 1 aliphatic rings. The molecule has 1 atom stereocenters. The average Bonchev–Trinajstić information content (AvgIpc) is 3.00. The second-order valence-corrected chi connectivity index (χ2v) is 5.60. The van der Waals surface area contributed by atoms with Gasteiger partial charge in [-0.3, -0.25) is 4.79 Å². The van der Waals surface area contributed by atoms with Crippen molar-refractivity contribution < 1.29 is 9.53 Å². The van der Waals surface area contributed by atoms with Gasteiger partial charge < -0.3 is 15.4 Å². The molecule has 0 radical (unpaired) electrons. The molecular weight excluding hydrogens is 276 g/mol. The van der Waals surface area contributed by atoms with Crippen molar-refractivity contribution in [3.05, 3.63) is 65.7 Å². The fourth-order valence-corrected chi connectivity index (χ4v) is 2.61. The molecule has 0 aliphatic carbocycles. The highest BCUT2D eigenvalue weighted by Crippen LogP contribution is 2.18. The van der Waals surface area contributed by atoms with Crippen LogP contribution in [0.3, 0.4) is 0 Å². The van der Waals surface area contributed by atoms with Crippen molar-refractivity contribution in [2.75, 3.05) is 13.1 Å². The van der Waals surface area contributed by atoms with Crippen LogP contribution in [0.1, 0.15) is 22.3 Å². The average molecular weight is 296 g/mol. The van der Waals surface area contributed by atoms with Gasteiger partial charge in [-0.15, -0.1) is 0 Å². The van der Waals surface area contributed by atoms with Crippen LogP contribution in [-0.4, -0.2) is 29.9 Å². The summed E-state index contributed by atoms with van der Waals surface area (Å²) in [5.74, 6) is 0.733. The van der Waals surface area contributed by atoms with Crippen molar-refractivity contribution >= 4 is 5.91 Å². The molecule has 0 saturated carbocycles. The molecule has 0 bridgehead atoms. The first-order chi connectivity index (χ1) is 10.7. The number of carbonyl (C=O) groups is 1. The second kappa shape index (κ2) is 6.62. The zero-order valence-corrected chi connectivity index (χ0v) is 12.4. The monoisotopic (exact) mass is 296 g/mol. The number of hydrogen-bond donors (Lipinski definition) is 1. The summed E-state index contributed by atoms with van der Waals surface area (Å²) in [6.45, 7) is 1.86. The molecule has 4 nitrogen and oxygen atoms in total. The first kappa shape index (κ1) is 14.6. The minimum atomic E-state index is 0.0260. The highest BCUT2D eigenvalue weighted by molar-refractivity contribution is 5.94. The maximum absolute atomic E-state index is 12.4. The van der Waals surface area contributed by atoms with E-state index in [1.165, 1.54) is 0 Å². The summed E-state index contributed by atoms with van der Waals surface area (Å²) in [5, 5.41) is 0. The van der Waals surface area contributed by atoms with Crippen LogP contribution in [-0.2, 0) is 6.61 Å². The summed E-state index contributed by atoms with van der Waals surface area (Å²) in [6, 6.07) is 17.4. The Morgan fingerprint density at radius 1 is 1.18 bits per heavy atom. The second-order valence-electron chi connectivity index (χ2n) is 5.60. The quantitative estimate of drug-likeness (QED) is 0.943. The molecule has 0 aromatic heterocycles. The Bertz CT molecular complexity index is 643. The first-order valence-corrected chi connectivity index (χ1v) is 7.54. The van der Waals surface area contributed by atoms with Gasteiger partial charge in [0.1, 0.15) is 12.4 Å². The zero-order valence-electron chi connectivity index (χ0n) is 12.4. The number of nitrogens with two attached hydrogens (primary N) is 1. The van der Waals surface area contributed by atoms with E-state index in [2.05, 4.69) is 0 Å². The number of hydrogen-bond acceptors (Lipinski definition) is 3. The number of benzene rings is 2. The van der Waals surface area contributed by atoms with Gasteiger partial charge in [0.2, 0.25) is 0 Å². The summed E-state index contributed by atoms with van der Waals surface area (Å²) in [5.41, 5.74) is 7.62. The molecule has 0 spiro atoms. The normalized spacial score (nSPS) is 17.5. The molecule has 1 amide bonds. The summed E-state index contributed by atoms with van der Waals surface area (Å²) in [4.78, 5) is 14.2. The van der Waals surface area contributed by atoms with E-state index in [1.807, 2.05) is 48.5 Å². The predicted molar refractivity (Wildman–Crippen MR) is 85.7 cm³/mol. The van der Waals surface area contributed by atoms with Gasteiger partial charge in [-0.05, 0) is 30.2 Å². The number of amides is 1. The Hall–Kier alpha value is -2.33. The van der Waals surface area contributed by atoms with Gasteiger partial charge in [0.15, 0.2) is 0 Å². The Morgan fingerprint density at radius 2 is 2.00 bits per heavy atom. The van der Waals surface area contributed by atoms with Crippen LogP contribution in [0.5, 0.6) is 5.75 Å². The van der Waals surface area contributed by atoms with Crippen molar-refractivity contribution in [3.63, 3.8) is 0 Å². The molecule has 1 unspecified atom stereocenters. The Labute approximate surface area is 130 Å². The molecule has 3 rings (SSSR count). The van der Waals surface area contributed by atoms with Gasteiger partial charge in [0.25, 0.3) is 5.91 Å². The van der Waals surface area contributed by atoms with Crippen molar-refractivity contribution in [1.29, 1.82) is 0 Å². The smallest absolute Gasteiger partial charge is 0.254 e. The predicted octanol–water partition coefficient (Wildman–Crippen LogP) is 2.44. The van der Waals surface area contributed by atoms with E-state index in [0.29, 0.717) is 24.5 Å². The molecule has 2 N–H and O–H groups in total. The minimum Gasteiger partial charge on any atom is -0.489 e. The Kier molecular flexibility index (Phi) is 4.39. The fourth-order valence-electron chi connectivity index (χ4n) is 2.61. The van der Waals surface area contributed by atoms with Gasteiger partial charge in [-0.25, -0.2) is 0 Å². The zero-order chi connectivity index (χ0) is 15.4. The molecule has 2 aromatic rings. The lowest BCUT2D eigenvalue weighted by atomic mass is 10.2. The lowest BCUT2D eigenvalue weighted by Crippen LogP contribution is -2.31. The van der Waals surface area contributed by atoms with E-state index < -0.39 is 0 Å². The summed E-state index contributed by atoms with van der Waals surface area (Å²) in [7, 11) is 0. The molecule has 22 heavy (non-hydrogen) atoms. The highest BCUT2D eigenvalue weighted by Gasteiger charge is 2.24. The van der Waals surface area contributed by atoms with Crippen LogP contribution in [0.4, 0.5) is 0 Å². The SMILES string of the molecule is NC1CCN(C(=O)c2cccc(OCc3ccccc3)c2)C1. The van der Waals surface area contributed by atoms with E-state index in [-0.39, 0.29) is 11.9 Å². The molecular formula is C18H20N2O2. The van der Waals surface area contributed by atoms with Gasteiger partial charge in [0.05, 0.1) is 0 Å². The summed E-state index contributed by atoms with van der Waals surface area (Å²) in [6.07, 6.45) is 0.871. The van der Waals surface area contributed by atoms with E-state index in [4.69, 9.17) is 10.5 Å². The maximum atomic E-state index is 12.4. The third kappa shape index (κ3) is 3.46. The van der Waals surface area contributed by atoms with Crippen LogP contribution < -0.4 is 10.5 Å². The van der Waals surface area contributed by atoms with Gasteiger partial charge >= 0.3 is 0 Å². The van der Waals surface area contributed by atoms with E-state index in [9.17, 15) is 4.79 Å². The minimum absolute atomic E-state index is 0.0260. The third-order valence-electron chi connectivity index (χ3n) is 3.84. The first-order valence-electron chi connectivity index (χ1n) is 7.54. The van der Waals surface area contributed by atoms with Crippen LogP contribution in [0.15, 0.2) is 54.6 Å². The molecule has 1 aliphatic heterocycles. The molecule has 1 heterocycles. The van der Waals surface area contributed by atoms with Crippen molar-refractivity contribution in [1.82, 2.24) is 4.90 Å². The molecule has 1 fully saturated rings. The Balaban J connectivity index is 1.66. The molecule has 2 aromatic carbocycles. The van der Waals surface area contributed by atoms with Crippen LogP contribution >= 0.6 is 0 Å². The highest BCUT2D eigenvalue weighted by atomic mass is 16.5. The van der Waals surface area contributed by atoms with Crippen LogP contribution in [0, 0.1) is 0 Å². The largest absolute Gasteiger partial charge is 0.489 e. The van der Waals surface area contributed by atoms with Crippen molar-refractivity contribution in [3.8, 4) is 5.75 Å². The van der Waals surface area contributed by atoms with Gasteiger partial charge in [0, 0.05) is 24.7 Å². The number of carbonyl (C=O) groups excluding carboxylic acids is 1. The number of ether oxygens (including phenoxy) is 1. The van der Waals surface area contributed by atoms with E-state index in [0.717, 1.165) is 18.5 Å². The molecule has 4 heteroatoms. The standard InChI is InChI=1S/C18H20N2O2/c19-16-9-10-20(12-16)18(21)15-7-4-8-17(11-15)22-13-14-5-2-1-3-6-14/h1-8,11,16H,9-10,12-13,19H2. The van der Waals surface area contributed by atoms with Gasteiger partial charge in [-0.2, -0.15) is 0 Å². The number of rotatable bonds is 4. The maximum Gasteiger partial charge on any atom is 0.254 e. The summed E-state index contributed by atoms with van der Waals surface area (Å²) >= 11 is 0. The van der Waals surface area contributed by atoms with Crippen LogP contribution in [0.2, 0.25) is 0 Å². The summed E-state index contributed by atoms with van der Waals surface area (Å²) < 4.78 is 5.77. The molecule has 114 valence electrons. The third-order valence-corrected chi connectivity index (χ3v) is 3.84. The molecule has 1 saturated heterocycles. The van der Waals surface area contributed by atoms with E-state index in [1.54, 1.807) is 11.0 Å².